The van der Waals surface area contributed by atoms with Crippen molar-refractivity contribution in [3.05, 3.63) is 71.9 Å². The Bertz CT molecular complexity index is 971. The number of aromatic nitrogens is 2. The number of hydrogen-bond donors (Lipinski definition) is 1. The number of benzene rings is 2. The lowest BCUT2D eigenvalue weighted by Crippen LogP contribution is -2.25. The molecule has 1 aliphatic rings. The van der Waals surface area contributed by atoms with Gasteiger partial charge < -0.3 is 10.2 Å². The molecule has 2 aromatic carbocycles. The van der Waals surface area contributed by atoms with Gasteiger partial charge in [-0.15, -0.1) is 0 Å². The van der Waals surface area contributed by atoms with Crippen molar-refractivity contribution in [3.63, 3.8) is 0 Å². The number of halogens is 3. The Morgan fingerprint density at radius 2 is 1.89 bits per heavy atom. The fourth-order valence-electron chi connectivity index (χ4n) is 3.33. The Hall–Kier alpha value is -3.09. The predicted molar refractivity (Wildman–Crippen MR) is 98.5 cm³/mol. The van der Waals surface area contributed by atoms with E-state index in [0.717, 1.165) is 24.2 Å². The second-order valence-corrected chi connectivity index (χ2v) is 6.50. The minimum atomic E-state index is -4.39. The molecule has 0 aliphatic carbocycles. The standard InChI is InChI=1S/C20H17F3N4/c1-13-11-14-5-2-3-8-17(14)27(13)19-24-10-9-18(26-19)25-16-7-4-6-15(12-16)20(21,22)23/h2-10,12-13H,11H2,1H3,(H,24,25,26). The van der Waals surface area contributed by atoms with Gasteiger partial charge in [-0.25, -0.2) is 4.98 Å². The minimum Gasteiger partial charge on any atom is -0.340 e. The van der Waals surface area contributed by atoms with Crippen molar-refractivity contribution in [2.24, 2.45) is 0 Å². The van der Waals surface area contributed by atoms with Gasteiger partial charge in [0.2, 0.25) is 5.95 Å². The Morgan fingerprint density at radius 3 is 2.70 bits per heavy atom. The van der Waals surface area contributed by atoms with Crippen molar-refractivity contribution in [1.82, 2.24) is 9.97 Å². The van der Waals surface area contributed by atoms with E-state index >= 15 is 0 Å². The number of alkyl halides is 3. The molecule has 3 aromatic rings. The average molecular weight is 370 g/mol. The normalized spacial score (nSPS) is 16.3. The maximum atomic E-state index is 12.9. The summed E-state index contributed by atoms with van der Waals surface area (Å²) in [5.74, 6) is 0.959. The molecule has 2 heterocycles. The summed E-state index contributed by atoms with van der Waals surface area (Å²) in [6.07, 6.45) is -1.89. The summed E-state index contributed by atoms with van der Waals surface area (Å²) in [4.78, 5) is 10.9. The lowest BCUT2D eigenvalue weighted by Gasteiger charge is -2.23. The number of rotatable bonds is 3. The highest BCUT2D eigenvalue weighted by Gasteiger charge is 2.31. The smallest absolute Gasteiger partial charge is 0.340 e. The first kappa shape index (κ1) is 17.3. The van der Waals surface area contributed by atoms with Gasteiger partial charge >= 0.3 is 6.18 Å². The van der Waals surface area contributed by atoms with Crippen LogP contribution in [-0.2, 0) is 12.6 Å². The van der Waals surface area contributed by atoms with E-state index in [1.54, 1.807) is 18.3 Å². The summed E-state index contributed by atoms with van der Waals surface area (Å²) in [5.41, 5.74) is 1.90. The fraction of sp³-hybridized carbons (Fsp3) is 0.200. The van der Waals surface area contributed by atoms with Gasteiger partial charge in [0.05, 0.1) is 5.56 Å². The zero-order valence-corrected chi connectivity index (χ0v) is 14.5. The summed E-state index contributed by atoms with van der Waals surface area (Å²) in [6, 6.07) is 15.0. The van der Waals surface area contributed by atoms with Gasteiger partial charge in [-0.1, -0.05) is 24.3 Å². The largest absolute Gasteiger partial charge is 0.416 e. The topological polar surface area (TPSA) is 41.1 Å². The molecule has 1 aliphatic heterocycles. The zero-order chi connectivity index (χ0) is 19.0. The molecular weight excluding hydrogens is 353 g/mol. The van der Waals surface area contributed by atoms with E-state index < -0.39 is 11.7 Å². The van der Waals surface area contributed by atoms with Gasteiger partial charge in [0.25, 0.3) is 0 Å². The summed E-state index contributed by atoms with van der Waals surface area (Å²) in [5, 5.41) is 2.94. The number of nitrogens with zero attached hydrogens (tertiary/aromatic N) is 3. The molecule has 4 nitrogen and oxygen atoms in total. The van der Waals surface area contributed by atoms with E-state index in [1.165, 1.54) is 11.6 Å². The van der Waals surface area contributed by atoms with Crippen LogP contribution in [-0.4, -0.2) is 16.0 Å². The number of fused-ring (bicyclic) bond motifs is 1. The summed E-state index contributed by atoms with van der Waals surface area (Å²) in [6.45, 7) is 2.09. The molecule has 0 saturated heterocycles. The van der Waals surface area contributed by atoms with Crippen LogP contribution in [0.1, 0.15) is 18.1 Å². The SMILES string of the molecule is CC1Cc2ccccc2N1c1nccc(Nc2cccc(C(F)(F)F)c2)n1. The molecule has 27 heavy (non-hydrogen) atoms. The van der Waals surface area contributed by atoms with Crippen LogP contribution in [0.15, 0.2) is 60.8 Å². The van der Waals surface area contributed by atoms with Crippen molar-refractivity contribution < 1.29 is 13.2 Å². The van der Waals surface area contributed by atoms with E-state index in [-0.39, 0.29) is 6.04 Å². The maximum absolute atomic E-state index is 12.9. The summed E-state index contributed by atoms with van der Waals surface area (Å²) >= 11 is 0. The van der Waals surface area contributed by atoms with Gasteiger partial charge in [0, 0.05) is 23.6 Å². The molecule has 0 saturated carbocycles. The molecule has 1 atom stereocenters. The number of hydrogen-bond acceptors (Lipinski definition) is 4. The highest BCUT2D eigenvalue weighted by Crippen LogP contribution is 2.37. The number of para-hydroxylation sites is 1. The van der Waals surface area contributed by atoms with Crippen LogP contribution in [0.4, 0.5) is 36.3 Å². The minimum absolute atomic E-state index is 0.200. The first-order valence-electron chi connectivity index (χ1n) is 8.56. The Kier molecular flexibility index (Phi) is 4.22. The molecule has 0 radical (unpaired) electrons. The van der Waals surface area contributed by atoms with Crippen LogP contribution < -0.4 is 10.2 Å². The van der Waals surface area contributed by atoms with E-state index in [9.17, 15) is 13.2 Å². The van der Waals surface area contributed by atoms with Crippen LogP contribution >= 0.6 is 0 Å². The van der Waals surface area contributed by atoms with Crippen LogP contribution in [0.3, 0.4) is 0 Å². The number of nitrogens with one attached hydrogen (secondary N) is 1. The van der Waals surface area contributed by atoms with Gasteiger partial charge in [-0.3, -0.25) is 0 Å². The van der Waals surface area contributed by atoms with E-state index in [2.05, 4.69) is 28.3 Å². The second-order valence-electron chi connectivity index (χ2n) is 6.50. The van der Waals surface area contributed by atoms with Crippen molar-refractivity contribution in [2.75, 3.05) is 10.2 Å². The highest BCUT2D eigenvalue weighted by molar-refractivity contribution is 5.68. The van der Waals surface area contributed by atoms with Crippen molar-refractivity contribution >= 4 is 23.1 Å². The van der Waals surface area contributed by atoms with Gasteiger partial charge in [0.1, 0.15) is 5.82 Å². The quantitative estimate of drug-likeness (QED) is 0.677. The molecule has 1 aromatic heterocycles. The predicted octanol–water partition coefficient (Wildman–Crippen LogP) is 5.32. The molecule has 1 N–H and O–H groups in total. The van der Waals surface area contributed by atoms with Crippen molar-refractivity contribution in [1.29, 1.82) is 0 Å². The van der Waals surface area contributed by atoms with Gasteiger partial charge in [-0.2, -0.15) is 18.2 Å². The summed E-state index contributed by atoms with van der Waals surface area (Å²) in [7, 11) is 0. The molecule has 4 rings (SSSR count). The Morgan fingerprint density at radius 1 is 1.07 bits per heavy atom. The van der Waals surface area contributed by atoms with Crippen LogP contribution in [0.5, 0.6) is 0 Å². The first-order valence-corrected chi connectivity index (χ1v) is 8.56. The fourth-order valence-corrected chi connectivity index (χ4v) is 3.33. The third kappa shape index (κ3) is 3.45. The van der Waals surface area contributed by atoms with Gasteiger partial charge in [-0.05, 0) is 49.2 Å². The highest BCUT2D eigenvalue weighted by atomic mass is 19.4. The van der Waals surface area contributed by atoms with Crippen molar-refractivity contribution in [2.45, 2.75) is 25.6 Å². The zero-order valence-electron chi connectivity index (χ0n) is 14.5. The average Bonchev–Trinajstić information content (AvgIpc) is 2.97. The van der Waals surface area contributed by atoms with Crippen LogP contribution in [0.2, 0.25) is 0 Å². The molecule has 0 bridgehead atoms. The van der Waals surface area contributed by atoms with E-state index in [4.69, 9.17) is 0 Å². The monoisotopic (exact) mass is 370 g/mol. The third-order valence-corrected chi connectivity index (χ3v) is 4.53. The molecule has 138 valence electrons. The van der Waals surface area contributed by atoms with E-state index in [0.29, 0.717) is 17.5 Å². The van der Waals surface area contributed by atoms with Crippen LogP contribution in [0, 0.1) is 0 Å². The number of anilines is 4. The third-order valence-electron chi connectivity index (χ3n) is 4.53. The molecule has 0 spiro atoms. The Balaban J connectivity index is 1.63. The molecular formula is C20H17F3N4. The van der Waals surface area contributed by atoms with E-state index in [1.807, 2.05) is 23.1 Å². The first-order chi connectivity index (χ1) is 12.9. The lowest BCUT2D eigenvalue weighted by atomic mass is 10.1. The van der Waals surface area contributed by atoms with Gasteiger partial charge in [0.15, 0.2) is 0 Å². The molecule has 1 unspecified atom stereocenters. The second kappa shape index (κ2) is 6.57. The molecule has 0 amide bonds. The molecule has 0 fully saturated rings. The lowest BCUT2D eigenvalue weighted by molar-refractivity contribution is -0.137. The van der Waals surface area contributed by atoms with Crippen LogP contribution in [0.25, 0.3) is 0 Å². The Labute approximate surface area is 154 Å². The summed E-state index contributed by atoms with van der Waals surface area (Å²) < 4.78 is 38.7. The maximum Gasteiger partial charge on any atom is 0.416 e. The van der Waals surface area contributed by atoms with Crippen molar-refractivity contribution in [3.8, 4) is 0 Å². The molecule has 7 heteroatoms.